The Balaban J connectivity index is 0.000000200. The van der Waals surface area contributed by atoms with Crippen LogP contribution in [0, 0.1) is 10.1 Å². The number of benzene rings is 3. The summed E-state index contributed by atoms with van der Waals surface area (Å²) in [6, 6.07) is 24.5. The molecule has 3 rings (SSSR count). The van der Waals surface area contributed by atoms with E-state index >= 15 is 0 Å². The lowest BCUT2D eigenvalue weighted by molar-refractivity contribution is -0.384. The summed E-state index contributed by atoms with van der Waals surface area (Å²) >= 11 is 0. The second kappa shape index (κ2) is 10.1. The van der Waals surface area contributed by atoms with E-state index in [0.717, 1.165) is 42.6 Å². The number of rotatable bonds is 5. The van der Waals surface area contributed by atoms with Gasteiger partial charge in [0, 0.05) is 18.3 Å². The molecule has 0 saturated carbocycles. The molecule has 0 aromatic heterocycles. The van der Waals surface area contributed by atoms with E-state index in [1.807, 2.05) is 66.9 Å². The van der Waals surface area contributed by atoms with Crippen LogP contribution in [0.15, 0.2) is 94.8 Å². The highest BCUT2D eigenvalue weighted by Crippen LogP contribution is 2.16. The molecule has 0 atom stereocenters. The van der Waals surface area contributed by atoms with Gasteiger partial charge in [0.15, 0.2) is 0 Å². The number of hydrogen-bond donors (Lipinski definition) is 0. The van der Waals surface area contributed by atoms with Crippen molar-refractivity contribution in [1.29, 1.82) is 0 Å². The Hall–Kier alpha value is -3.36. The average Bonchev–Trinajstić information content (AvgIpc) is 2.74. The van der Waals surface area contributed by atoms with Crippen LogP contribution in [0.4, 0.5) is 11.4 Å². The highest BCUT2D eigenvalue weighted by Gasteiger charge is 2.14. The lowest BCUT2D eigenvalue weighted by Gasteiger charge is -1.99. The van der Waals surface area contributed by atoms with Gasteiger partial charge in [-0.3, -0.25) is 19.3 Å². The van der Waals surface area contributed by atoms with Gasteiger partial charge in [-0.15, -0.1) is 0 Å². The fourth-order valence-corrected chi connectivity index (χ4v) is 2.69. The standard InChI is InChI=1S/C13H11N.C7H7NO5S/c1-3-7-12(8-4-1)11-14-13-9-5-2-6-10-13;1-13-14(11,12)7-4-2-6(3-5-7)8(9)10/h1-11H;2-5H,1H3/b14-11+;. The second-order valence-corrected chi connectivity index (χ2v) is 7.09. The summed E-state index contributed by atoms with van der Waals surface area (Å²) in [6.45, 7) is 0. The molecule has 0 unspecified atom stereocenters. The van der Waals surface area contributed by atoms with Gasteiger partial charge in [0.05, 0.1) is 22.6 Å². The maximum Gasteiger partial charge on any atom is 0.296 e. The predicted molar refractivity (Wildman–Crippen MR) is 107 cm³/mol. The molecule has 0 spiro atoms. The molecule has 144 valence electrons. The number of hydrogen-bond acceptors (Lipinski definition) is 6. The van der Waals surface area contributed by atoms with Gasteiger partial charge in [0.25, 0.3) is 15.8 Å². The van der Waals surface area contributed by atoms with E-state index in [2.05, 4.69) is 9.18 Å². The lowest BCUT2D eigenvalue weighted by Crippen LogP contribution is -2.02. The molecule has 0 aliphatic rings. The number of nitrogens with zero attached hydrogens (tertiary/aromatic N) is 2. The molecule has 0 radical (unpaired) electrons. The predicted octanol–water partition coefficient (Wildman–Crippen LogP) is 4.37. The Labute approximate surface area is 163 Å². The highest BCUT2D eigenvalue weighted by molar-refractivity contribution is 7.86. The minimum Gasteiger partial charge on any atom is -0.270 e. The van der Waals surface area contributed by atoms with Gasteiger partial charge in [0.1, 0.15) is 0 Å². The van der Waals surface area contributed by atoms with Crippen molar-refractivity contribution in [1.82, 2.24) is 0 Å². The summed E-state index contributed by atoms with van der Waals surface area (Å²) in [7, 11) is -2.74. The molecule has 8 heteroatoms. The van der Waals surface area contributed by atoms with Crippen LogP contribution in [0.25, 0.3) is 0 Å². The fraction of sp³-hybridized carbons (Fsp3) is 0.0500. The zero-order valence-electron chi connectivity index (χ0n) is 15.0. The summed E-state index contributed by atoms with van der Waals surface area (Å²) in [4.78, 5) is 13.9. The van der Waals surface area contributed by atoms with Crippen molar-refractivity contribution in [3.8, 4) is 0 Å². The van der Waals surface area contributed by atoms with E-state index in [4.69, 9.17) is 0 Å². The Morgan fingerprint density at radius 2 is 1.43 bits per heavy atom. The molecule has 3 aromatic rings. The topological polar surface area (TPSA) is 98.9 Å². The van der Waals surface area contributed by atoms with Gasteiger partial charge in [0.2, 0.25) is 0 Å². The molecule has 0 heterocycles. The molecule has 0 aliphatic heterocycles. The van der Waals surface area contributed by atoms with E-state index in [0.29, 0.717) is 0 Å². The fourth-order valence-electron chi connectivity index (χ4n) is 2.03. The maximum absolute atomic E-state index is 11.1. The maximum atomic E-state index is 11.1. The minimum absolute atomic E-state index is 0.106. The Kier molecular flexibility index (Phi) is 7.55. The number of aliphatic imine (C=N–C) groups is 1. The third kappa shape index (κ3) is 6.42. The molecule has 28 heavy (non-hydrogen) atoms. The first-order chi connectivity index (χ1) is 13.4. The van der Waals surface area contributed by atoms with Crippen molar-refractivity contribution in [2.75, 3.05) is 7.11 Å². The molecule has 0 fully saturated rings. The zero-order chi connectivity index (χ0) is 20.4. The van der Waals surface area contributed by atoms with Gasteiger partial charge in [-0.05, 0) is 29.8 Å². The van der Waals surface area contributed by atoms with Gasteiger partial charge in [-0.25, -0.2) is 0 Å². The number of para-hydroxylation sites is 1. The van der Waals surface area contributed by atoms with Gasteiger partial charge in [-0.1, -0.05) is 48.5 Å². The van der Waals surface area contributed by atoms with Crippen molar-refractivity contribution >= 4 is 27.7 Å². The Morgan fingerprint density at radius 3 is 1.93 bits per heavy atom. The molecular formula is C20H18N2O5S. The quantitative estimate of drug-likeness (QED) is 0.275. The van der Waals surface area contributed by atoms with Crippen LogP contribution in [0.5, 0.6) is 0 Å². The largest absolute Gasteiger partial charge is 0.296 e. The first kappa shape index (κ1) is 20.9. The van der Waals surface area contributed by atoms with Gasteiger partial charge < -0.3 is 0 Å². The molecule has 0 aliphatic carbocycles. The second-order valence-electron chi connectivity index (χ2n) is 5.38. The summed E-state index contributed by atoms with van der Waals surface area (Å²) in [6.07, 6.45) is 1.87. The van der Waals surface area contributed by atoms with Crippen LogP contribution in [0.2, 0.25) is 0 Å². The van der Waals surface area contributed by atoms with Crippen LogP contribution in [-0.2, 0) is 14.3 Å². The summed E-state index contributed by atoms with van der Waals surface area (Å²) in [5.41, 5.74) is 1.94. The number of nitro groups is 1. The van der Waals surface area contributed by atoms with Crippen molar-refractivity contribution in [3.05, 3.63) is 101 Å². The molecule has 0 N–H and O–H groups in total. The molecule has 0 amide bonds. The molecular weight excluding hydrogens is 380 g/mol. The van der Waals surface area contributed by atoms with E-state index in [1.54, 1.807) is 0 Å². The van der Waals surface area contributed by atoms with Crippen molar-refractivity contribution in [3.63, 3.8) is 0 Å². The molecule has 0 bridgehead atoms. The van der Waals surface area contributed by atoms with Gasteiger partial charge >= 0.3 is 0 Å². The lowest BCUT2D eigenvalue weighted by atomic mass is 10.2. The van der Waals surface area contributed by atoms with E-state index in [9.17, 15) is 18.5 Å². The van der Waals surface area contributed by atoms with E-state index in [-0.39, 0.29) is 10.6 Å². The average molecular weight is 398 g/mol. The first-order valence-electron chi connectivity index (χ1n) is 8.11. The van der Waals surface area contributed by atoms with Crippen LogP contribution in [0.1, 0.15) is 5.56 Å². The minimum atomic E-state index is -3.76. The summed E-state index contributed by atoms with van der Waals surface area (Å²) in [5.74, 6) is 0. The van der Waals surface area contributed by atoms with Gasteiger partial charge in [-0.2, -0.15) is 8.42 Å². The van der Waals surface area contributed by atoms with Crippen molar-refractivity contribution in [2.45, 2.75) is 4.90 Å². The Morgan fingerprint density at radius 1 is 0.893 bits per heavy atom. The third-order valence-electron chi connectivity index (χ3n) is 3.47. The van der Waals surface area contributed by atoms with Crippen LogP contribution < -0.4 is 0 Å². The number of nitro benzene ring substituents is 1. The van der Waals surface area contributed by atoms with E-state index in [1.165, 1.54) is 0 Å². The van der Waals surface area contributed by atoms with E-state index < -0.39 is 15.0 Å². The molecule has 7 nitrogen and oxygen atoms in total. The summed E-state index contributed by atoms with van der Waals surface area (Å²) in [5, 5.41) is 10.3. The normalized spacial score (nSPS) is 10.9. The summed E-state index contributed by atoms with van der Waals surface area (Å²) < 4.78 is 26.4. The number of non-ortho nitro benzene ring substituents is 1. The third-order valence-corrected chi connectivity index (χ3v) is 4.76. The zero-order valence-corrected chi connectivity index (χ0v) is 15.8. The SMILES string of the molecule is C(=N\c1ccccc1)/c1ccccc1.COS(=O)(=O)c1ccc([N+](=O)[O-])cc1. The Bertz CT molecular complexity index is 978. The smallest absolute Gasteiger partial charge is 0.270 e. The van der Waals surface area contributed by atoms with Crippen LogP contribution in [0.3, 0.4) is 0 Å². The van der Waals surface area contributed by atoms with Crippen molar-refractivity contribution in [2.24, 2.45) is 4.99 Å². The van der Waals surface area contributed by atoms with Crippen LogP contribution >= 0.6 is 0 Å². The molecule has 0 saturated heterocycles. The highest BCUT2D eigenvalue weighted by atomic mass is 32.2. The van der Waals surface area contributed by atoms with Crippen molar-refractivity contribution < 1.29 is 17.5 Å². The van der Waals surface area contributed by atoms with Crippen LogP contribution in [-0.4, -0.2) is 26.7 Å². The monoisotopic (exact) mass is 398 g/mol. The molecule has 3 aromatic carbocycles. The first-order valence-corrected chi connectivity index (χ1v) is 9.52.